The first-order valence-electron chi connectivity index (χ1n) is 7.04. The normalized spacial score (nSPS) is 13.2. The molecule has 2 aromatic rings. The van der Waals surface area contributed by atoms with E-state index in [0.717, 1.165) is 0 Å². The Hall–Kier alpha value is -3.03. The van der Waals surface area contributed by atoms with Crippen molar-refractivity contribution in [1.29, 1.82) is 0 Å². The molecule has 2 aromatic carbocycles. The lowest BCUT2D eigenvalue weighted by Crippen LogP contribution is -2.33. The summed E-state index contributed by atoms with van der Waals surface area (Å²) in [5, 5.41) is 15.9. The third kappa shape index (κ3) is 3.17. The minimum Gasteiger partial charge on any atom is -0.480 e. The predicted molar refractivity (Wildman–Crippen MR) is 86.9 cm³/mol. The van der Waals surface area contributed by atoms with Crippen molar-refractivity contribution in [3.8, 4) is 0 Å². The Balaban J connectivity index is 0.000000256. The molecule has 1 atom stereocenters. The number of rotatable bonds is 2. The SMILES string of the molecule is N[C@@H](CO)C(=O)O.Nc1cccc2c1C(=O)c1ccccc1C2=O. The third-order valence-electron chi connectivity index (χ3n) is 3.50. The first kappa shape index (κ1) is 17.3. The van der Waals surface area contributed by atoms with E-state index in [4.69, 9.17) is 21.7 Å². The van der Waals surface area contributed by atoms with Crippen molar-refractivity contribution in [3.63, 3.8) is 0 Å². The van der Waals surface area contributed by atoms with Crippen LogP contribution in [-0.4, -0.2) is 40.4 Å². The van der Waals surface area contributed by atoms with Crippen molar-refractivity contribution in [1.82, 2.24) is 0 Å². The first-order chi connectivity index (χ1) is 11.4. The van der Waals surface area contributed by atoms with Gasteiger partial charge < -0.3 is 21.7 Å². The second kappa shape index (κ2) is 7.03. The van der Waals surface area contributed by atoms with E-state index >= 15 is 0 Å². The van der Waals surface area contributed by atoms with E-state index in [9.17, 15) is 14.4 Å². The molecular weight excluding hydrogens is 312 g/mol. The van der Waals surface area contributed by atoms with Crippen LogP contribution in [0.2, 0.25) is 0 Å². The summed E-state index contributed by atoms with van der Waals surface area (Å²) in [6.45, 7) is -0.505. The van der Waals surface area contributed by atoms with Crippen LogP contribution in [-0.2, 0) is 4.79 Å². The van der Waals surface area contributed by atoms with Gasteiger partial charge in [-0.1, -0.05) is 36.4 Å². The summed E-state index contributed by atoms with van der Waals surface area (Å²) in [4.78, 5) is 34.1. The van der Waals surface area contributed by atoms with E-state index in [-0.39, 0.29) is 11.6 Å². The van der Waals surface area contributed by atoms with Gasteiger partial charge in [-0.15, -0.1) is 0 Å². The molecular formula is C17H16N2O5. The summed E-state index contributed by atoms with van der Waals surface area (Å²) in [5.74, 6) is -1.49. The number of hydrogen-bond donors (Lipinski definition) is 4. The molecule has 0 heterocycles. The molecule has 7 heteroatoms. The highest BCUT2D eigenvalue weighted by Crippen LogP contribution is 2.30. The minimum absolute atomic E-state index is 0.137. The first-order valence-corrected chi connectivity index (χ1v) is 7.04. The number of nitrogens with two attached hydrogens (primary N) is 2. The summed E-state index contributed by atoms with van der Waals surface area (Å²) < 4.78 is 0. The van der Waals surface area contributed by atoms with E-state index in [1.165, 1.54) is 0 Å². The summed E-state index contributed by atoms with van der Waals surface area (Å²) in [6.07, 6.45) is 0. The largest absolute Gasteiger partial charge is 0.480 e. The van der Waals surface area contributed by atoms with Gasteiger partial charge >= 0.3 is 5.97 Å². The lowest BCUT2D eigenvalue weighted by Gasteiger charge is -2.18. The van der Waals surface area contributed by atoms with Crippen LogP contribution >= 0.6 is 0 Å². The Labute approximate surface area is 137 Å². The van der Waals surface area contributed by atoms with Crippen LogP contribution in [0.4, 0.5) is 5.69 Å². The maximum Gasteiger partial charge on any atom is 0.322 e. The second-order valence-corrected chi connectivity index (χ2v) is 5.10. The van der Waals surface area contributed by atoms with Gasteiger partial charge in [-0.25, -0.2) is 0 Å². The van der Waals surface area contributed by atoms with Crippen molar-refractivity contribution < 1.29 is 24.6 Å². The van der Waals surface area contributed by atoms with Gasteiger partial charge in [0.1, 0.15) is 6.04 Å². The third-order valence-corrected chi connectivity index (χ3v) is 3.50. The fraction of sp³-hybridized carbons (Fsp3) is 0.118. The molecule has 24 heavy (non-hydrogen) atoms. The molecule has 0 spiro atoms. The highest BCUT2D eigenvalue weighted by Gasteiger charge is 2.30. The molecule has 0 saturated carbocycles. The van der Waals surface area contributed by atoms with Gasteiger partial charge in [0.05, 0.1) is 12.2 Å². The molecule has 0 amide bonds. The minimum atomic E-state index is -1.18. The number of aliphatic carboxylic acids is 1. The fourth-order valence-electron chi connectivity index (χ4n) is 2.25. The number of anilines is 1. The van der Waals surface area contributed by atoms with Crippen LogP contribution in [0, 0.1) is 0 Å². The number of carboxylic acid groups (broad SMARTS) is 1. The van der Waals surface area contributed by atoms with Gasteiger partial charge in [-0.05, 0) is 6.07 Å². The maximum atomic E-state index is 12.2. The number of nitrogen functional groups attached to an aromatic ring is 1. The van der Waals surface area contributed by atoms with Crippen molar-refractivity contribution in [2.75, 3.05) is 12.3 Å². The van der Waals surface area contributed by atoms with Crippen LogP contribution in [0.25, 0.3) is 0 Å². The molecule has 1 aliphatic carbocycles. The number of aliphatic hydroxyl groups excluding tert-OH is 1. The average molecular weight is 328 g/mol. The van der Waals surface area contributed by atoms with E-state index in [1.54, 1.807) is 42.5 Å². The quantitative estimate of drug-likeness (QED) is 0.499. The highest BCUT2D eigenvalue weighted by molar-refractivity contribution is 6.29. The lowest BCUT2D eigenvalue weighted by atomic mass is 9.83. The molecule has 0 bridgehead atoms. The van der Waals surface area contributed by atoms with Gasteiger partial charge in [-0.3, -0.25) is 14.4 Å². The Morgan fingerprint density at radius 1 is 0.958 bits per heavy atom. The maximum absolute atomic E-state index is 12.2. The van der Waals surface area contributed by atoms with Gasteiger partial charge in [0.15, 0.2) is 11.6 Å². The smallest absolute Gasteiger partial charge is 0.322 e. The van der Waals surface area contributed by atoms with E-state index < -0.39 is 18.6 Å². The van der Waals surface area contributed by atoms with Crippen LogP contribution in [0.3, 0.4) is 0 Å². The molecule has 3 rings (SSSR count). The van der Waals surface area contributed by atoms with Crippen molar-refractivity contribution in [2.45, 2.75) is 6.04 Å². The van der Waals surface area contributed by atoms with Crippen molar-refractivity contribution in [2.24, 2.45) is 5.73 Å². The molecule has 0 unspecified atom stereocenters. The summed E-state index contributed by atoms with van der Waals surface area (Å²) >= 11 is 0. The number of aliphatic hydroxyl groups is 1. The molecule has 124 valence electrons. The van der Waals surface area contributed by atoms with Crippen molar-refractivity contribution >= 4 is 23.2 Å². The standard InChI is InChI=1S/C14H9NO2.C3H7NO3/c15-11-7-3-6-10-12(11)14(17)9-5-2-1-4-8(9)13(10)16;4-2(1-5)3(6)7/h1-7H,15H2;2,5H,1,4H2,(H,6,7)/t;2-/m.0/s1. The number of fused-ring (bicyclic) bond motifs is 2. The molecule has 0 fully saturated rings. The van der Waals surface area contributed by atoms with Crippen LogP contribution < -0.4 is 11.5 Å². The molecule has 0 saturated heterocycles. The number of hydrogen-bond acceptors (Lipinski definition) is 6. The highest BCUT2D eigenvalue weighted by atomic mass is 16.4. The molecule has 0 aromatic heterocycles. The number of carbonyl (C=O) groups is 3. The lowest BCUT2D eigenvalue weighted by molar-refractivity contribution is -0.139. The predicted octanol–water partition coefficient (Wildman–Crippen LogP) is 0.435. The Morgan fingerprint density at radius 3 is 2.00 bits per heavy atom. The molecule has 6 N–H and O–H groups in total. The van der Waals surface area contributed by atoms with Crippen LogP contribution in [0.1, 0.15) is 31.8 Å². The van der Waals surface area contributed by atoms with Gasteiger partial charge in [0, 0.05) is 22.4 Å². The summed E-state index contributed by atoms with van der Waals surface area (Å²) in [7, 11) is 0. The summed E-state index contributed by atoms with van der Waals surface area (Å²) in [6, 6.07) is 10.7. The molecule has 0 aliphatic heterocycles. The van der Waals surface area contributed by atoms with Crippen LogP contribution in [0.5, 0.6) is 0 Å². The van der Waals surface area contributed by atoms with E-state index in [0.29, 0.717) is 27.9 Å². The number of carboxylic acids is 1. The van der Waals surface area contributed by atoms with Gasteiger partial charge in [0.2, 0.25) is 0 Å². The topological polar surface area (TPSA) is 144 Å². The van der Waals surface area contributed by atoms with Crippen LogP contribution in [0.15, 0.2) is 42.5 Å². The van der Waals surface area contributed by atoms with E-state index in [2.05, 4.69) is 0 Å². The monoisotopic (exact) mass is 328 g/mol. The number of ketones is 2. The number of benzene rings is 2. The molecule has 0 radical (unpaired) electrons. The fourth-order valence-corrected chi connectivity index (χ4v) is 2.25. The Bertz CT molecular complexity index is 816. The summed E-state index contributed by atoms with van der Waals surface area (Å²) in [5.41, 5.74) is 12.5. The van der Waals surface area contributed by atoms with Gasteiger partial charge in [0.25, 0.3) is 0 Å². The average Bonchev–Trinajstić information content (AvgIpc) is 2.59. The second-order valence-electron chi connectivity index (χ2n) is 5.10. The van der Waals surface area contributed by atoms with Gasteiger partial charge in [-0.2, -0.15) is 0 Å². The molecule has 1 aliphatic rings. The zero-order valence-corrected chi connectivity index (χ0v) is 12.6. The zero-order valence-electron chi connectivity index (χ0n) is 12.6. The van der Waals surface area contributed by atoms with Crippen molar-refractivity contribution in [3.05, 3.63) is 64.7 Å². The Kier molecular flexibility index (Phi) is 5.08. The zero-order chi connectivity index (χ0) is 17.9. The number of carbonyl (C=O) groups excluding carboxylic acids is 2. The molecule has 7 nitrogen and oxygen atoms in total. The van der Waals surface area contributed by atoms with E-state index in [1.807, 2.05) is 0 Å². The Morgan fingerprint density at radius 2 is 1.50 bits per heavy atom.